The molecular formula is C11H15N5O3. The lowest BCUT2D eigenvalue weighted by Crippen LogP contribution is -2.17. The van der Waals surface area contributed by atoms with Crippen molar-refractivity contribution >= 4 is 22.4 Å². The number of nitro groups is 1. The Balaban J connectivity index is 2.10. The number of nitrogens with one attached hydrogen (secondary N) is 2. The molecule has 2 aromatic rings. The van der Waals surface area contributed by atoms with E-state index in [1.807, 2.05) is 6.92 Å². The van der Waals surface area contributed by atoms with E-state index in [1.165, 1.54) is 6.07 Å². The van der Waals surface area contributed by atoms with Crippen LogP contribution >= 0.6 is 0 Å². The third-order valence-electron chi connectivity index (χ3n) is 2.69. The number of non-ortho nitro benzene ring substituents is 1. The molecule has 0 amide bonds. The van der Waals surface area contributed by atoms with Crippen molar-refractivity contribution in [2.45, 2.75) is 13.3 Å². The quantitative estimate of drug-likeness (QED) is 0.444. The number of nitro benzene ring substituents is 1. The maximum Gasteiger partial charge on any atom is 0.300 e. The summed E-state index contributed by atoms with van der Waals surface area (Å²) in [6, 6.07) is 3.02. The number of benzene rings is 1. The maximum atomic E-state index is 10.8. The summed E-state index contributed by atoms with van der Waals surface area (Å²) in [5.74, 6) is 0. The first-order chi connectivity index (χ1) is 9.24. The van der Waals surface area contributed by atoms with Crippen LogP contribution in [0.2, 0.25) is 0 Å². The molecule has 0 saturated heterocycles. The van der Waals surface area contributed by atoms with Gasteiger partial charge in [-0.25, -0.2) is 4.63 Å². The lowest BCUT2D eigenvalue weighted by Gasteiger charge is -2.06. The zero-order valence-electron chi connectivity index (χ0n) is 10.5. The number of rotatable bonds is 7. The second kappa shape index (κ2) is 6.10. The van der Waals surface area contributed by atoms with Crippen molar-refractivity contribution < 1.29 is 9.55 Å². The number of anilines is 1. The molecule has 0 aliphatic carbocycles. The van der Waals surface area contributed by atoms with Gasteiger partial charge in [0.15, 0.2) is 5.52 Å². The Labute approximate surface area is 109 Å². The first kappa shape index (κ1) is 13.2. The first-order valence-electron chi connectivity index (χ1n) is 6.08. The summed E-state index contributed by atoms with van der Waals surface area (Å²) in [5, 5.41) is 24.5. The number of fused-ring (bicyclic) bond motifs is 1. The van der Waals surface area contributed by atoms with Gasteiger partial charge in [0, 0.05) is 12.6 Å². The van der Waals surface area contributed by atoms with Crippen molar-refractivity contribution in [3.8, 4) is 0 Å². The van der Waals surface area contributed by atoms with Crippen LogP contribution in [-0.2, 0) is 0 Å². The zero-order valence-corrected chi connectivity index (χ0v) is 10.5. The fraction of sp³-hybridized carbons (Fsp3) is 0.455. The van der Waals surface area contributed by atoms with Gasteiger partial charge in [0.05, 0.1) is 10.6 Å². The predicted octanol–water partition coefficient (Wildman–Crippen LogP) is 1.54. The molecule has 0 spiro atoms. The highest BCUT2D eigenvalue weighted by Crippen LogP contribution is 2.28. The van der Waals surface area contributed by atoms with Crippen molar-refractivity contribution in [3.63, 3.8) is 0 Å². The van der Waals surface area contributed by atoms with Gasteiger partial charge in [-0.05, 0) is 35.9 Å². The summed E-state index contributed by atoms with van der Waals surface area (Å²) >= 11 is 0. The monoisotopic (exact) mass is 265 g/mol. The van der Waals surface area contributed by atoms with Gasteiger partial charge in [-0.3, -0.25) is 10.1 Å². The molecule has 102 valence electrons. The minimum Gasteiger partial charge on any atom is -0.383 e. The normalized spacial score (nSPS) is 10.8. The molecule has 19 heavy (non-hydrogen) atoms. The van der Waals surface area contributed by atoms with Crippen LogP contribution in [0.4, 0.5) is 11.4 Å². The van der Waals surface area contributed by atoms with Crippen LogP contribution in [0, 0.1) is 10.1 Å². The summed E-state index contributed by atoms with van der Waals surface area (Å²) in [6.45, 7) is 4.65. The van der Waals surface area contributed by atoms with Crippen LogP contribution < -0.4 is 10.6 Å². The molecule has 2 rings (SSSR count). The third-order valence-corrected chi connectivity index (χ3v) is 2.69. The topological polar surface area (TPSA) is 106 Å². The Hall–Kier alpha value is -2.22. The molecule has 0 unspecified atom stereocenters. The zero-order chi connectivity index (χ0) is 13.7. The fourth-order valence-corrected chi connectivity index (χ4v) is 1.76. The van der Waals surface area contributed by atoms with E-state index in [9.17, 15) is 10.1 Å². The summed E-state index contributed by atoms with van der Waals surface area (Å²) in [4.78, 5) is 10.3. The molecule has 8 nitrogen and oxygen atoms in total. The molecule has 1 aromatic heterocycles. The van der Waals surface area contributed by atoms with E-state index in [1.54, 1.807) is 6.07 Å². The minimum absolute atomic E-state index is 0.102. The predicted molar refractivity (Wildman–Crippen MR) is 70.1 cm³/mol. The Morgan fingerprint density at radius 2 is 2.11 bits per heavy atom. The van der Waals surface area contributed by atoms with Gasteiger partial charge in [-0.15, -0.1) is 0 Å². The molecule has 0 fully saturated rings. The van der Waals surface area contributed by atoms with Crippen molar-refractivity contribution in [2.24, 2.45) is 0 Å². The van der Waals surface area contributed by atoms with E-state index in [0.717, 1.165) is 26.1 Å². The van der Waals surface area contributed by atoms with Crippen LogP contribution in [0.3, 0.4) is 0 Å². The lowest BCUT2D eigenvalue weighted by molar-refractivity contribution is -0.383. The summed E-state index contributed by atoms with van der Waals surface area (Å²) in [7, 11) is 0. The van der Waals surface area contributed by atoms with Crippen LogP contribution in [0.5, 0.6) is 0 Å². The average molecular weight is 265 g/mol. The molecule has 1 heterocycles. The smallest absolute Gasteiger partial charge is 0.300 e. The second-order valence-corrected chi connectivity index (χ2v) is 3.98. The SMILES string of the molecule is CCNCCCNc1ccc([N+](=O)[O-])c2nonc12. The summed E-state index contributed by atoms with van der Waals surface area (Å²) in [6.07, 6.45) is 0.942. The summed E-state index contributed by atoms with van der Waals surface area (Å²) in [5.41, 5.74) is 1.15. The van der Waals surface area contributed by atoms with Crippen LogP contribution in [0.15, 0.2) is 16.8 Å². The largest absolute Gasteiger partial charge is 0.383 e. The molecule has 8 heteroatoms. The fourth-order valence-electron chi connectivity index (χ4n) is 1.76. The number of aromatic nitrogens is 2. The van der Waals surface area contributed by atoms with Gasteiger partial charge in [0.2, 0.25) is 5.52 Å². The molecular weight excluding hydrogens is 250 g/mol. The van der Waals surface area contributed by atoms with Gasteiger partial charge in [0.1, 0.15) is 0 Å². The van der Waals surface area contributed by atoms with Crippen molar-refractivity contribution in [3.05, 3.63) is 22.2 Å². The number of hydrogen-bond donors (Lipinski definition) is 2. The van der Waals surface area contributed by atoms with E-state index >= 15 is 0 Å². The van der Waals surface area contributed by atoms with Crippen molar-refractivity contribution in [2.75, 3.05) is 25.0 Å². The van der Waals surface area contributed by atoms with E-state index < -0.39 is 4.92 Å². The molecule has 0 atom stereocenters. The Morgan fingerprint density at radius 3 is 2.84 bits per heavy atom. The molecule has 0 radical (unpaired) electrons. The first-order valence-corrected chi connectivity index (χ1v) is 6.08. The molecule has 1 aromatic carbocycles. The molecule has 0 aliphatic rings. The molecule has 2 N–H and O–H groups in total. The summed E-state index contributed by atoms with van der Waals surface area (Å²) < 4.78 is 4.58. The third kappa shape index (κ3) is 2.97. The van der Waals surface area contributed by atoms with Gasteiger partial charge >= 0.3 is 5.69 Å². The molecule has 0 bridgehead atoms. The second-order valence-electron chi connectivity index (χ2n) is 3.98. The van der Waals surface area contributed by atoms with E-state index in [0.29, 0.717) is 11.2 Å². The van der Waals surface area contributed by atoms with Crippen LogP contribution in [-0.4, -0.2) is 34.9 Å². The Bertz CT molecular complexity index is 568. The van der Waals surface area contributed by atoms with Gasteiger partial charge in [0.25, 0.3) is 0 Å². The highest BCUT2D eigenvalue weighted by Gasteiger charge is 2.19. The number of hydrogen-bond acceptors (Lipinski definition) is 7. The van der Waals surface area contributed by atoms with E-state index in [4.69, 9.17) is 0 Å². The van der Waals surface area contributed by atoms with Crippen LogP contribution in [0.1, 0.15) is 13.3 Å². The lowest BCUT2D eigenvalue weighted by atomic mass is 10.2. The van der Waals surface area contributed by atoms with Gasteiger partial charge < -0.3 is 10.6 Å². The Kier molecular flexibility index (Phi) is 4.24. The van der Waals surface area contributed by atoms with Crippen molar-refractivity contribution in [1.82, 2.24) is 15.6 Å². The molecule has 0 saturated carbocycles. The maximum absolute atomic E-state index is 10.8. The highest BCUT2D eigenvalue weighted by atomic mass is 16.6. The van der Waals surface area contributed by atoms with E-state index in [2.05, 4.69) is 25.6 Å². The highest BCUT2D eigenvalue weighted by molar-refractivity contribution is 5.93. The molecule has 0 aliphatic heterocycles. The standard InChI is InChI=1S/C11H15N5O3/c1-2-12-6-3-7-13-8-4-5-9(16(17)18)11-10(8)14-19-15-11/h4-5,12-13H,2-3,6-7H2,1H3. The minimum atomic E-state index is -0.499. The van der Waals surface area contributed by atoms with Gasteiger partial charge in [-0.2, -0.15) is 0 Å². The van der Waals surface area contributed by atoms with E-state index in [-0.39, 0.29) is 11.2 Å². The van der Waals surface area contributed by atoms with Gasteiger partial charge in [-0.1, -0.05) is 6.92 Å². The van der Waals surface area contributed by atoms with Crippen molar-refractivity contribution in [1.29, 1.82) is 0 Å². The Morgan fingerprint density at radius 1 is 1.32 bits per heavy atom. The van der Waals surface area contributed by atoms with Crippen LogP contribution in [0.25, 0.3) is 11.0 Å². The number of nitrogens with zero attached hydrogens (tertiary/aromatic N) is 3. The average Bonchev–Trinajstić information content (AvgIpc) is 2.87.